The summed E-state index contributed by atoms with van der Waals surface area (Å²) in [5.41, 5.74) is 0.280. The van der Waals surface area contributed by atoms with E-state index in [0.29, 0.717) is 0 Å². The smallest absolute Gasteiger partial charge is 0.175 e. The van der Waals surface area contributed by atoms with Crippen molar-refractivity contribution in [3.63, 3.8) is 0 Å². The number of ketones is 1. The number of hydrogen-bond donors (Lipinski definition) is 0. The zero-order chi connectivity index (χ0) is 9.23. The molecule has 0 saturated heterocycles. The van der Waals surface area contributed by atoms with E-state index in [9.17, 15) is 13.2 Å². The zero-order valence-corrected chi connectivity index (χ0v) is 7.73. The maximum atomic E-state index is 11.0. The zero-order valence-electron chi connectivity index (χ0n) is 6.92. The Balaban J connectivity index is 4.66. The monoisotopic (exact) mass is 176 g/mol. The van der Waals surface area contributed by atoms with E-state index in [1.54, 1.807) is 0 Å². The summed E-state index contributed by atoms with van der Waals surface area (Å²) in [5.74, 6) is -0.410. The van der Waals surface area contributed by atoms with Crippen molar-refractivity contribution in [2.24, 2.45) is 0 Å². The van der Waals surface area contributed by atoms with Gasteiger partial charge in [0.15, 0.2) is 15.6 Å². The van der Waals surface area contributed by atoms with Gasteiger partial charge in [0.2, 0.25) is 0 Å². The molecule has 64 valence electrons. The second kappa shape index (κ2) is 3.17. The first-order valence-electron chi connectivity index (χ1n) is 3.15. The molecule has 0 radical (unpaired) electrons. The van der Waals surface area contributed by atoms with Crippen LogP contribution in [-0.2, 0) is 14.6 Å². The van der Waals surface area contributed by atoms with Crippen LogP contribution >= 0.6 is 0 Å². The topological polar surface area (TPSA) is 51.2 Å². The lowest BCUT2D eigenvalue weighted by Crippen LogP contribution is -2.26. The van der Waals surface area contributed by atoms with Gasteiger partial charge in [0.1, 0.15) is 5.25 Å². The van der Waals surface area contributed by atoms with E-state index in [0.717, 1.165) is 6.26 Å². The highest BCUT2D eigenvalue weighted by molar-refractivity contribution is 7.92. The summed E-state index contributed by atoms with van der Waals surface area (Å²) in [6.45, 7) is 6.25. The molecule has 0 heterocycles. The van der Waals surface area contributed by atoms with Gasteiger partial charge in [0, 0.05) is 6.26 Å². The first-order valence-corrected chi connectivity index (χ1v) is 5.11. The first-order chi connectivity index (χ1) is 4.76. The third-order valence-corrected chi connectivity index (χ3v) is 2.93. The van der Waals surface area contributed by atoms with E-state index in [2.05, 4.69) is 6.58 Å². The number of carbonyl (C=O) groups excluding carboxylic acids is 1. The molecule has 0 bridgehead atoms. The van der Waals surface area contributed by atoms with Gasteiger partial charge in [-0.1, -0.05) is 6.58 Å². The first kappa shape index (κ1) is 10.4. The fourth-order valence-corrected chi connectivity index (χ4v) is 1.13. The van der Waals surface area contributed by atoms with Crippen LogP contribution in [0.2, 0.25) is 0 Å². The number of rotatable bonds is 3. The van der Waals surface area contributed by atoms with Crippen LogP contribution in [-0.4, -0.2) is 25.7 Å². The van der Waals surface area contributed by atoms with Gasteiger partial charge in [-0.2, -0.15) is 0 Å². The fourth-order valence-electron chi connectivity index (χ4n) is 0.541. The molecule has 0 aliphatic rings. The molecular formula is C7H12O3S. The number of hydrogen-bond acceptors (Lipinski definition) is 3. The Morgan fingerprint density at radius 3 is 1.91 bits per heavy atom. The Kier molecular flexibility index (Phi) is 2.99. The van der Waals surface area contributed by atoms with Crippen LogP contribution in [0.3, 0.4) is 0 Å². The molecule has 4 heteroatoms. The van der Waals surface area contributed by atoms with Crippen molar-refractivity contribution in [2.75, 3.05) is 6.26 Å². The molecular weight excluding hydrogens is 164 g/mol. The van der Waals surface area contributed by atoms with E-state index < -0.39 is 20.9 Å². The molecule has 0 spiro atoms. The molecule has 0 rings (SSSR count). The molecule has 1 unspecified atom stereocenters. The van der Waals surface area contributed by atoms with Gasteiger partial charge in [-0.15, -0.1) is 0 Å². The van der Waals surface area contributed by atoms with Gasteiger partial charge in [-0.25, -0.2) is 8.42 Å². The van der Waals surface area contributed by atoms with Crippen LogP contribution in [0, 0.1) is 0 Å². The van der Waals surface area contributed by atoms with Gasteiger partial charge in [0.05, 0.1) is 0 Å². The van der Waals surface area contributed by atoms with E-state index in [1.807, 2.05) is 0 Å². The minimum Gasteiger partial charge on any atom is -0.293 e. The number of allylic oxidation sites excluding steroid dienone is 1. The average Bonchev–Trinajstić information content (AvgIpc) is 1.82. The molecule has 11 heavy (non-hydrogen) atoms. The molecule has 0 aromatic rings. The lowest BCUT2D eigenvalue weighted by atomic mass is 10.2. The van der Waals surface area contributed by atoms with Gasteiger partial charge >= 0.3 is 0 Å². The number of carbonyl (C=O) groups is 1. The Morgan fingerprint density at radius 2 is 1.82 bits per heavy atom. The summed E-state index contributed by atoms with van der Waals surface area (Å²) in [6.07, 6.45) is 1.04. The second-order valence-corrected chi connectivity index (χ2v) is 4.98. The molecule has 0 aromatic carbocycles. The molecule has 0 amide bonds. The summed E-state index contributed by atoms with van der Waals surface area (Å²) in [4.78, 5) is 11.0. The lowest BCUT2D eigenvalue weighted by molar-refractivity contribution is -0.114. The third kappa shape index (κ3) is 2.84. The summed E-state index contributed by atoms with van der Waals surface area (Å²) in [7, 11) is -3.26. The minimum atomic E-state index is -3.26. The molecule has 0 aliphatic carbocycles. The number of sulfone groups is 1. The van der Waals surface area contributed by atoms with Crippen LogP contribution in [0.15, 0.2) is 12.2 Å². The Bertz CT molecular complexity index is 274. The van der Waals surface area contributed by atoms with E-state index in [1.165, 1.54) is 13.8 Å². The summed E-state index contributed by atoms with van der Waals surface area (Å²) in [6, 6.07) is 0. The minimum absolute atomic E-state index is 0.280. The van der Waals surface area contributed by atoms with Crippen LogP contribution in [0.1, 0.15) is 13.8 Å². The highest BCUT2D eigenvalue weighted by Crippen LogP contribution is 2.04. The molecule has 0 aliphatic heterocycles. The predicted octanol–water partition coefficient (Wildman–Crippen LogP) is 0.565. The summed E-state index contributed by atoms with van der Waals surface area (Å²) >= 11 is 0. The maximum absolute atomic E-state index is 11.0. The maximum Gasteiger partial charge on any atom is 0.175 e. The van der Waals surface area contributed by atoms with Crippen molar-refractivity contribution in [1.29, 1.82) is 0 Å². The van der Waals surface area contributed by atoms with Crippen molar-refractivity contribution < 1.29 is 13.2 Å². The summed E-state index contributed by atoms with van der Waals surface area (Å²) in [5, 5.41) is -0.958. The molecule has 0 aromatic heterocycles. The van der Waals surface area contributed by atoms with Crippen molar-refractivity contribution in [2.45, 2.75) is 19.1 Å². The summed E-state index contributed by atoms with van der Waals surface area (Å²) < 4.78 is 21.6. The normalized spacial score (nSPS) is 14.1. The van der Waals surface area contributed by atoms with Crippen LogP contribution in [0.5, 0.6) is 0 Å². The van der Waals surface area contributed by atoms with Crippen molar-refractivity contribution in [1.82, 2.24) is 0 Å². The Morgan fingerprint density at radius 1 is 1.45 bits per heavy atom. The molecule has 0 N–H and O–H groups in total. The predicted molar refractivity (Wildman–Crippen MR) is 44.1 cm³/mol. The second-order valence-electron chi connectivity index (χ2n) is 2.62. The fraction of sp³-hybridized carbons (Fsp3) is 0.571. The lowest BCUT2D eigenvalue weighted by Gasteiger charge is -2.06. The van der Waals surface area contributed by atoms with Crippen LogP contribution in [0.4, 0.5) is 0 Å². The third-order valence-electron chi connectivity index (χ3n) is 1.43. The highest BCUT2D eigenvalue weighted by Gasteiger charge is 2.23. The molecule has 0 fully saturated rings. The standard InChI is InChI=1S/C7H12O3S/c1-5(2)7(8)6(3)11(4,9)10/h6H,1H2,2-4H3. The van der Waals surface area contributed by atoms with Gasteiger partial charge in [-0.3, -0.25) is 4.79 Å². The number of Topliss-reactive ketones (excluding diaryl/α,β-unsaturated/α-hetero) is 1. The van der Waals surface area contributed by atoms with Crippen LogP contribution in [0.25, 0.3) is 0 Å². The molecule has 0 saturated carbocycles. The highest BCUT2D eigenvalue weighted by atomic mass is 32.2. The largest absolute Gasteiger partial charge is 0.293 e. The van der Waals surface area contributed by atoms with Gasteiger partial charge < -0.3 is 0 Å². The molecule has 1 atom stereocenters. The van der Waals surface area contributed by atoms with Gasteiger partial charge in [-0.05, 0) is 19.4 Å². The van der Waals surface area contributed by atoms with Gasteiger partial charge in [0.25, 0.3) is 0 Å². The van der Waals surface area contributed by atoms with E-state index >= 15 is 0 Å². The van der Waals surface area contributed by atoms with Crippen molar-refractivity contribution >= 4 is 15.6 Å². The van der Waals surface area contributed by atoms with E-state index in [-0.39, 0.29) is 5.57 Å². The Hall–Kier alpha value is -0.640. The quantitative estimate of drug-likeness (QED) is 0.590. The van der Waals surface area contributed by atoms with Crippen LogP contribution < -0.4 is 0 Å². The van der Waals surface area contributed by atoms with Crippen molar-refractivity contribution in [3.05, 3.63) is 12.2 Å². The van der Waals surface area contributed by atoms with E-state index in [4.69, 9.17) is 0 Å². The Labute approximate surface area is 67.0 Å². The molecule has 3 nitrogen and oxygen atoms in total. The SMILES string of the molecule is C=C(C)C(=O)C(C)S(C)(=O)=O. The average molecular weight is 176 g/mol. The van der Waals surface area contributed by atoms with Crippen molar-refractivity contribution in [3.8, 4) is 0 Å².